The number of carbonyl (C=O) groups excluding carboxylic acids is 2. The van der Waals surface area contributed by atoms with Gasteiger partial charge in [0.2, 0.25) is 0 Å². The van der Waals surface area contributed by atoms with Crippen LogP contribution in [0.5, 0.6) is 0 Å². The summed E-state index contributed by atoms with van der Waals surface area (Å²) in [7, 11) is 0. The van der Waals surface area contributed by atoms with E-state index in [1.54, 1.807) is 16.2 Å². The minimum atomic E-state index is -0.511. The molecule has 1 aromatic heterocycles. The first kappa shape index (κ1) is 13.0. The zero-order valence-electron chi connectivity index (χ0n) is 10.4. The summed E-state index contributed by atoms with van der Waals surface area (Å²) in [6.45, 7) is 5.15. The Kier molecular flexibility index (Phi) is 4.33. The number of amides is 2. The van der Waals surface area contributed by atoms with Crippen molar-refractivity contribution in [2.24, 2.45) is 0 Å². The number of hydrogen-bond acceptors (Lipinski definition) is 4. The topological polar surface area (TPSA) is 61.4 Å². The third kappa shape index (κ3) is 3.30. The highest BCUT2D eigenvalue weighted by atomic mass is 32.1. The van der Waals surface area contributed by atoms with Gasteiger partial charge in [-0.3, -0.25) is 9.59 Å². The molecule has 0 bridgehead atoms. The molecule has 1 aliphatic heterocycles. The average Bonchev–Trinajstić information content (AvgIpc) is 2.82. The van der Waals surface area contributed by atoms with Crippen molar-refractivity contribution in [3.63, 3.8) is 0 Å². The smallest absolute Gasteiger partial charge is 0.311 e. The second kappa shape index (κ2) is 5.97. The van der Waals surface area contributed by atoms with Crippen LogP contribution in [-0.4, -0.2) is 42.9 Å². The van der Waals surface area contributed by atoms with E-state index in [9.17, 15) is 9.59 Å². The Labute approximate surface area is 110 Å². The third-order valence-corrected chi connectivity index (χ3v) is 3.82. The third-order valence-electron chi connectivity index (χ3n) is 2.82. The van der Waals surface area contributed by atoms with Crippen LogP contribution in [0, 0.1) is 6.92 Å². The molecule has 0 radical (unpaired) electrons. The van der Waals surface area contributed by atoms with Gasteiger partial charge in [0.15, 0.2) is 0 Å². The molecule has 2 heterocycles. The molecule has 1 fully saturated rings. The summed E-state index contributed by atoms with van der Waals surface area (Å²) in [5, 5.41) is 5.81. The normalized spacial score (nSPS) is 15.5. The first-order valence-corrected chi connectivity index (χ1v) is 6.81. The molecule has 0 aromatic carbocycles. The molecular weight excluding hydrogens is 250 g/mol. The van der Waals surface area contributed by atoms with Crippen molar-refractivity contribution < 1.29 is 9.59 Å². The van der Waals surface area contributed by atoms with Crippen LogP contribution < -0.4 is 10.6 Å². The van der Waals surface area contributed by atoms with Gasteiger partial charge in [0, 0.05) is 35.9 Å². The lowest BCUT2D eigenvalue weighted by Gasteiger charge is -2.26. The number of nitrogens with one attached hydrogen (secondary N) is 2. The maximum Gasteiger partial charge on any atom is 0.311 e. The predicted molar refractivity (Wildman–Crippen MR) is 70.4 cm³/mol. The van der Waals surface area contributed by atoms with Crippen molar-refractivity contribution >= 4 is 23.2 Å². The monoisotopic (exact) mass is 267 g/mol. The molecule has 2 amide bonds. The molecule has 6 heteroatoms. The van der Waals surface area contributed by atoms with Gasteiger partial charge in [-0.25, -0.2) is 0 Å². The molecule has 2 rings (SSSR count). The standard InChI is InChI=1S/C12H17N3O2S/c1-9-2-3-10(18-9)8-14-11(16)12(17)15-6-4-13-5-7-15/h2-3,13H,4-8H2,1H3,(H,14,16). The van der Waals surface area contributed by atoms with E-state index in [-0.39, 0.29) is 0 Å². The number of nitrogens with zero attached hydrogens (tertiary/aromatic N) is 1. The van der Waals surface area contributed by atoms with E-state index in [1.807, 2.05) is 19.1 Å². The van der Waals surface area contributed by atoms with E-state index in [4.69, 9.17) is 0 Å². The number of carbonyl (C=O) groups is 2. The molecule has 0 atom stereocenters. The van der Waals surface area contributed by atoms with Gasteiger partial charge in [-0.15, -0.1) is 11.3 Å². The zero-order valence-corrected chi connectivity index (χ0v) is 11.2. The van der Waals surface area contributed by atoms with Crippen molar-refractivity contribution in [2.75, 3.05) is 26.2 Å². The molecule has 98 valence electrons. The van der Waals surface area contributed by atoms with E-state index in [1.165, 1.54) is 4.88 Å². The fourth-order valence-corrected chi connectivity index (χ4v) is 2.66. The van der Waals surface area contributed by atoms with Crippen molar-refractivity contribution in [3.05, 3.63) is 21.9 Å². The van der Waals surface area contributed by atoms with Crippen LogP contribution in [0.2, 0.25) is 0 Å². The van der Waals surface area contributed by atoms with Gasteiger partial charge in [0.1, 0.15) is 0 Å². The molecule has 0 spiro atoms. The molecule has 1 aromatic rings. The SMILES string of the molecule is Cc1ccc(CNC(=O)C(=O)N2CCNCC2)s1. The summed E-state index contributed by atoms with van der Waals surface area (Å²) < 4.78 is 0. The molecule has 1 aliphatic rings. The second-order valence-corrected chi connectivity index (χ2v) is 5.61. The van der Waals surface area contributed by atoms with E-state index >= 15 is 0 Å². The lowest BCUT2D eigenvalue weighted by atomic mass is 10.3. The Morgan fingerprint density at radius 3 is 2.72 bits per heavy atom. The maximum absolute atomic E-state index is 11.8. The summed E-state index contributed by atoms with van der Waals surface area (Å²) >= 11 is 1.63. The molecule has 18 heavy (non-hydrogen) atoms. The largest absolute Gasteiger partial charge is 0.343 e. The van der Waals surface area contributed by atoms with Crippen LogP contribution in [0.15, 0.2) is 12.1 Å². The molecular formula is C12H17N3O2S. The van der Waals surface area contributed by atoms with Crippen molar-refractivity contribution in [2.45, 2.75) is 13.5 Å². The molecule has 0 unspecified atom stereocenters. The Morgan fingerprint density at radius 1 is 1.39 bits per heavy atom. The van der Waals surface area contributed by atoms with E-state index < -0.39 is 11.8 Å². The van der Waals surface area contributed by atoms with Crippen molar-refractivity contribution in [1.82, 2.24) is 15.5 Å². The fraction of sp³-hybridized carbons (Fsp3) is 0.500. The number of thiophene rings is 1. The van der Waals surface area contributed by atoms with Gasteiger partial charge in [-0.1, -0.05) is 0 Å². The van der Waals surface area contributed by atoms with Gasteiger partial charge in [0.25, 0.3) is 0 Å². The minimum absolute atomic E-state index is 0.426. The van der Waals surface area contributed by atoms with E-state index in [2.05, 4.69) is 10.6 Å². The van der Waals surface area contributed by atoms with Crippen LogP contribution in [0.25, 0.3) is 0 Å². The van der Waals surface area contributed by atoms with Gasteiger partial charge < -0.3 is 15.5 Å². The number of hydrogen-bond donors (Lipinski definition) is 2. The minimum Gasteiger partial charge on any atom is -0.343 e. The summed E-state index contributed by atoms with van der Waals surface area (Å²) in [6, 6.07) is 3.97. The summed E-state index contributed by atoms with van der Waals surface area (Å²) in [6.07, 6.45) is 0. The molecule has 5 nitrogen and oxygen atoms in total. The molecule has 2 N–H and O–H groups in total. The molecule has 0 saturated carbocycles. The Bertz CT molecular complexity index is 438. The van der Waals surface area contributed by atoms with Crippen LogP contribution >= 0.6 is 11.3 Å². The molecule has 0 aliphatic carbocycles. The lowest BCUT2D eigenvalue weighted by Crippen LogP contribution is -2.51. The van der Waals surface area contributed by atoms with Gasteiger partial charge in [-0.2, -0.15) is 0 Å². The number of piperazine rings is 1. The van der Waals surface area contributed by atoms with E-state index in [0.29, 0.717) is 19.6 Å². The highest BCUT2D eigenvalue weighted by molar-refractivity contribution is 7.11. The Balaban J connectivity index is 1.81. The Morgan fingerprint density at radius 2 is 2.11 bits per heavy atom. The predicted octanol–water partition coefficient (Wildman–Crippen LogP) is 0.105. The maximum atomic E-state index is 11.8. The van der Waals surface area contributed by atoms with Crippen molar-refractivity contribution in [1.29, 1.82) is 0 Å². The highest BCUT2D eigenvalue weighted by Gasteiger charge is 2.22. The number of aryl methyl sites for hydroxylation is 1. The van der Waals surface area contributed by atoms with Crippen LogP contribution in [-0.2, 0) is 16.1 Å². The lowest BCUT2D eigenvalue weighted by molar-refractivity contribution is -0.146. The zero-order chi connectivity index (χ0) is 13.0. The number of rotatable bonds is 2. The Hall–Kier alpha value is -1.40. The molecule has 1 saturated heterocycles. The van der Waals surface area contributed by atoms with Crippen LogP contribution in [0.1, 0.15) is 9.75 Å². The van der Waals surface area contributed by atoms with Crippen LogP contribution in [0.4, 0.5) is 0 Å². The first-order valence-electron chi connectivity index (χ1n) is 6.00. The van der Waals surface area contributed by atoms with Crippen LogP contribution in [0.3, 0.4) is 0 Å². The highest BCUT2D eigenvalue weighted by Crippen LogP contribution is 2.14. The quantitative estimate of drug-likeness (QED) is 0.747. The first-order chi connectivity index (χ1) is 8.66. The summed E-state index contributed by atoms with van der Waals surface area (Å²) in [5.74, 6) is -0.937. The average molecular weight is 267 g/mol. The second-order valence-electron chi connectivity index (χ2n) is 4.24. The van der Waals surface area contributed by atoms with Crippen molar-refractivity contribution in [3.8, 4) is 0 Å². The van der Waals surface area contributed by atoms with E-state index in [0.717, 1.165) is 18.0 Å². The summed E-state index contributed by atoms with van der Waals surface area (Å²) in [5.41, 5.74) is 0. The van der Waals surface area contributed by atoms with Gasteiger partial charge in [-0.05, 0) is 19.1 Å². The van der Waals surface area contributed by atoms with Gasteiger partial charge >= 0.3 is 11.8 Å². The summed E-state index contributed by atoms with van der Waals surface area (Å²) in [4.78, 5) is 27.4. The van der Waals surface area contributed by atoms with Gasteiger partial charge in [0.05, 0.1) is 6.54 Å². The fourth-order valence-electron chi connectivity index (χ4n) is 1.83.